The lowest BCUT2D eigenvalue weighted by Gasteiger charge is -2.26. The fraction of sp³-hybridized carbons (Fsp3) is 0.500. The van der Waals surface area contributed by atoms with Gasteiger partial charge in [0.25, 0.3) is 5.91 Å². The van der Waals surface area contributed by atoms with Crippen LogP contribution in [0.25, 0.3) is 0 Å². The van der Waals surface area contributed by atoms with E-state index in [1.807, 2.05) is 30.3 Å². The zero-order valence-corrected chi connectivity index (χ0v) is 23.3. The molecule has 1 N–H and O–H groups in total. The summed E-state index contributed by atoms with van der Waals surface area (Å²) in [6.45, 7) is 7.27. The molecular weight excluding hydrogens is 486 g/mol. The highest BCUT2D eigenvalue weighted by molar-refractivity contribution is 8.00. The maximum Gasteiger partial charge on any atom is 0.332 e. The van der Waals surface area contributed by atoms with Crippen LogP contribution in [0.3, 0.4) is 0 Å². The van der Waals surface area contributed by atoms with E-state index in [4.69, 9.17) is 9.47 Å². The lowest BCUT2D eigenvalue weighted by atomic mass is 10.1. The quantitative estimate of drug-likeness (QED) is 0.198. The molecule has 0 aliphatic heterocycles. The third-order valence-corrected chi connectivity index (χ3v) is 7.12. The van der Waals surface area contributed by atoms with Gasteiger partial charge in [-0.3, -0.25) is 9.59 Å². The normalized spacial score (nSPS) is 13.4. The summed E-state index contributed by atoms with van der Waals surface area (Å²) >= 11 is 1.55. The van der Waals surface area contributed by atoms with Gasteiger partial charge in [-0.1, -0.05) is 87.6 Å². The minimum Gasteiger partial charge on any atom is -0.461 e. The second-order valence-corrected chi connectivity index (χ2v) is 10.6. The lowest BCUT2D eigenvalue weighted by molar-refractivity contribution is -0.159. The molecule has 0 unspecified atom stereocenters. The van der Waals surface area contributed by atoms with Gasteiger partial charge >= 0.3 is 11.9 Å². The summed E-state index contributed by atoms with van der Waals surface area (Å²) in [5.41, 5.74) is 1.25. The van der Waals surface area contributed by atoms with E-state index >= 15 is 0 Å². The van der Waals surface area contributed by atoms with E-state index in [0.29, 0.717) is 5.56 Å². The van der Waals surface area contributed by atoms with Crippen molar-refractivity contribution in [2.45, 2.75) is 89.7 Å². The van der Waals surface area contributed by atoms with Gasteiger partial charge in [0, 0.05) is 5.56 Å². The molecule has 0 aromatic heterocycles. The Balaban J connectivity index is 2.09. The second kappa shape index (κ2) is 16.8. The van der Waals surface area contributed by atoms with Crippen LogP contribution in [0.1, 0.15) is 87.4 Å². The first-order valence-corrected chi connectivity index (χ1v) is 14.3. The topological polar surface area (TPSA) is 81.7 Å². The molecule has 1 amide bonds. The molecule has 6 nitrogen and oxygen atoms in total. The van der Waals surface area contributed by atoms with Gasteiger partial charge < -0.3 is 14.8 Å². The first kappa shape index (κ1) is 30.4. The average molecular weight is 528 g/mol. The maximum atomic E-state index is 13.4. The molecule has 0 radical (unpaired) electrons. The number of carbonyl (C=O) groups excluding carboxylic acids is 3. The van der Waals surface area contributed by atoms with E-state index in [1.54, 1.807) is 62.9 Å². The van der Waals surface area contributed by atoms with Gasteiger partial charge in [0.05, 0.1) is 6.10 Å². The molecule has 0 aliphatic rings. The van der Waals surface area contributed by atoms with E-state index in [1.165, 1.54) is 25.7 Å². The third kappa shape index (κ3) is 11.0. The van der Waals surface area contributed by atoms with Gasteiger partial charge in [0.1, 0.15) is 11.4 Å². The Hall–Kier alpha value is -2.80. The summed E-state index contributed by atoms with van der Waals surface area (Å²) in [7, 11) is 0. The number of thioether (sulfide) groups is 1. The summed E-state index contributed by atoms with van der Waals surface area (Å²) < 4.78 is 11.2. The summed E-state index contributed by atoms with van der Waals surface area (Å²) in [6, 6.07) is 17.0. The van der Waals surface area contributed by atoms with Crippen molar-refractivity contribution >= 4 is 29.6 Å². The molecule has 202 valence electrons. The van der Waals surface area contributed by atoms with Gasteiger partial charge in [0.15, 0.2) is 6.04 Å². The maximum absolute atomic E-state index is 13.4. The van der Waals surface area contributed by atoms with Crippen LogP contribution >= 0.6 is 11.8 Å². The minimum absolute atomic E-state index is 0.378. The van der Waals surface area contributed by atoms with Crippen LogP contribution in [-0.4, -0.2) is 41.8 Å². The van der Waals surface area contributed by atoms with E-state index < -0.39 is 35.2 Å². The monoisotopic (exact) mass is 527 g/mol. The molecule has 0 saturated heterocycles. The second-order valence-electron chi connectivity index (χ2n) is 9.37. The standard InChI is InChI=1S/C30H41NO5S/c1-5-6-7-8-9-16-21-37-27(24-17-12-10-13-18-24)30(34)36-23(4)26(29(33)35-22(2)3)31-28(32)25-19-14-11-15-20-25/h10-15,17-20,22-23,26-27H,5-9,16,21H2,1-4H3,(H,31,32)/t23-,26+,27-/m1/s1. The van der Waals surface area contributed by atoms with E-state index in [-0.39, 0.29) is 6.10 Å². The SMILES string of the molecule is CCCCCCCCS[C@@H](C(=O)O[C@H](C)[C@H](NC(=O)c1ccccc1)C(=O)OC(C)C)c1ccccc1. The Morgan fingerprint density at radius 2 is 1.38 bits per heavy atom. The molecule has 0 fully saturated rings. The Morgan fingerprint density at radius 1 is 0.784 bits per heavy atom. The number of rotatable bonds is 16. The molecule has 2 aromatic carbocycles. The van der Waals surface area contributed by atoms with Gasteiger partial charge in [-0.05, 0) is 50.6 Å². The Labute approximate surface area is 225 Å². The van der Waals surface area contributed by atoms with Crippen molar-refractivity contribution < 1.29 is 23.9 Å². The fourth-order valence-electron chi connectivity index (χ4n) is 3.81. The molecule has 2 aromatic rings. The van der Waals surface area contributed by atoms with Crippen LogP contribution in [0.2, 0.25) is 0 Å². The van der Waals surface area contributed by atoms with Crippen molar-refractivity contribution in [2.75, 3.05) is 5.75 Å². The van der Waals surface area contributed by atoms with Gasteiger partial charge in [-0.25, -0.2) is 4.79 Å². The van der Waals surface area contributed by atoms with Crippen molar-refractivity contribution in [1.29, 1.82) is 0 Å². The summed E-state index contributed by atoms with van der Waals surface area (Å²) in [5, 5.41) is 2.18. The number of hydrogen-bond donors (Lipinski definition) is 1. The van der Waals surface area contributed by atoms with Crippen LogP contribution in [0.15, 0.2) is 60.7 Å². The summed E-state index contributed by atoms with van der Waals surface area (Å²) in [4.78, 5) is 39.0. The van der Waals surface area contributed by atoms with Gasteiger partial charge in [-0.15, -0.1) is 11.8 Å². The highest BCUT2D eigenvalue weighted by atomic mass is 32.2. The van der Waals surface area contributed by atoms with Crippen molar-refractivity contribution in [3.05, 3.63) is 71.8 Å². The van der Waals surface area contributed by atoms with Crippen LogP contribution in [0.5, 0.6) is 0 Å². The average Bonchev–Trinajstić information content (AvgIpc) is 2.89. The summed E-state index contributed by atoms with van der Waals surface area (Å²) in [5.74, 6) is -0.688. The summed E-state index contributed by atoms with van der Waals surface area (Å²) in [6.07, 6.45) is 5.77. The molecular formula is C30H41NO5S. The number of nitrogens with one attached hydrogen (secondary N) is 1. The first-order chi connectivity index (χ1) is 17.8. The number of unbranched alkanes of at least 4 members (excludes halogenated alkanes) is 5. The zero-order chi connectivity index (χ0) is 27.0. The van der Waals surface area contributed by atoms with Crippen LogP contribution in [-0.2, 0) is 19.1 Å². The molecule has 0 aliphatic carbocycles. The Bertz CT molecular complexity index is 951. The zero-order valence-electron chi connectivity index (χ0n) is 22.5. The van der Waals surface area contributed by atoms with E-state index in [0.717, 1.165) is 24.2 Å². The lowest BCUT2D eigenvalue weighted by Crippen LogP contribution is -2.50. The molecule has 3 atom stereocenters. The van der Waals surface area contributed by atoms with Gasteiger partial charge in [0.2, 0.25) is 0 Å². The molecule has 0 heterocycles. The predicted molar refractivity (Wildman–Crippen MR) is 149 cm³/mol. The molecule has 7 heteroatoms. The van der Waals surface area contributed by atoms with Crippen molar-refractivity contribution in [3.63, 3.8) is 0 Å². The molecule has 0 spiro atoms. The number of amides is 1. The fourth-order valence-corrected chi connectivity index (χ4v) is 4.96. The third-order valence-electron chi connectivity index (χ3n) is 5.80. The van der Waals surface area contributed by atoms with Crippen molar-refractivity contribution in [3.8, 4) is 0 Å². The van der Waals surface area contributed by atoms with Crippen molar-refractivity contribution in [2.24, 2.45) is 0 Å². The number of hydrogen-bond acceptors (Lipinski definition) is 6. The predicted octanol–water partition coefficient (Wildman–Crippen LogP) is 6.50. The highest BCUT2D eigenvalue weighted by Gasteiger charge is 2.34. The minimum atomic E-state index is -1.14. The van der Waals surface area contributed by atoms with Crippen LogP contribution in [0, 0.1) is 0 Å². The molecule has 0 saturated carbocycles. The van der Waals surface area contributed by atoms with E-state index in [9.17, 15) is 14.4 Å². The van der Waals surface area contributed by atoms with Gasteiger partial charge in [-0.2, -0.15) is 0 Å². The number of benzene rings is 2. The smallest absolute Gasteiger partial charge is 0.332 e. The number of carbonyl (C=O) groups is 3. The highest BCUT2D eigenvalue weighted by Crippen LogP contribution is 2.32. The van der Waals surface area contributed by atoms with Crippen molar-refractivity contribution in [1.82, 2.24) is 5.32 Å². The molecule has 0 bridgehead atoms. The number of ether oxygens (including phenoxy) is 2. The van der Waals surface area contributed by atoms with E-state index in [2.05, 4.69) is 12.2 Å². The Morgan fingerprint density at radius 3 is 2.00 bits per heavy atom. The Kier molecular flexibility index (Phi) is 13.9. The molecule has 37 heavy (non-hydrogen) atoms. The van der Waals surface area contributed by atoms with Crippen LogP contribution in [0.4, 0.5) is 0 Å². The molecule has 2 rings (SSSR count). The number of esters is 2. The van der Waals surface area contributed by atoms with Crippen LogP contribution < -0.4 is 5.32 Å². The largest absolute Gasteiger partial charge is 0.461 e. The first-order valence-electron chi connectivity index (χ1n) is 13.3.